The van der Waals surface area contributed by atoms with E-state index < -0.39 is 0 Å². The van der Waals surface area contributed by atoms with Crippen molar-refractivity contribution in [2.24, 2.45) is 5.92 Å². The first-order valence-corrected chi connectivity index (χ1v) is 7.12. The van der Waals surface area contributed by atoms with E-state index in [1.807, 2.05) is 11.3 Å². The zero-order chi connectivity index (χ0) is 12.1. The summed E-state index contributed by atoms with van der Waals surface area (Å²) in [4.78, 5) is 4.64. The van der Waals surface area contributed by atoms with Crippen LogP contribution >= 0.6 is 11.3 Å². The fraction of sp³-hybridized carbons (Fsp3) is 0.500. The van der Waals surface area contributed by atoms with E-state index in [1.54, 1.807) is 0 Å². The van der Waals surface area contributed by atoms with Crippen LogP contribution in [0.15, 0.2) is 24.3 Å². The molecule has 0 saturated carbocycles. The predicted molar refractivity (Wildman–Crippen MR) is 75.6 cm³/mol. The van der Waals surface area contributed by atoms with E-state index in [-0.39, 0.29) is 0 Å². The average Bonchev–Trinajstić information content (AvgIpc) is 2.70. The van der Waals surface area contributed by atoms with Crippen molar-refractivity contribution in [1.29, 1.82) is 0 Å². The second-order valence-corrected chi connectivity index (χ2v) is 5.89. The third-order valence-electron chi connectivity index (χ3n) is 2.63. The van der Waals surface area contributed by atoms with Crippen LogP contribution in [0.2, 0.25) is 0 Å². The van der Waals surface area contributed by atoms with Crippen LogP contribution in [-0.4, -0.2) is 18.1 Å². The van der Waals surface area contributed by atoms with Gasteiger partial charge in [0.15, 0.2) is 0 Å². The maximum Gasteiger partial charge on any atom is 0.0939 e. The summed E-state index contributed by atoms with van der Waals surface area (Å²) in [7, 11) is 0. The number of nitrogens with zero attached hydrogens (tertiary/aromatic N) is 1. The van der Waals surface area contributed by atoms with Crippen LogP contribution in [0.1, 0.15) is 25.3 Å². The fourth-order valence-electron chi connectivity index (χ4n) is 1.78. The summed E-state index contributed by atoms with van der Waals surface area (Å²) in [5.74, 6) is 0.734. The summed E-state index contributed by atoms with van der Waals surface area (Å²) in [6.45, 7) is 6.68. The molecule has 2 rings (SSSR count). The van der Waals surface area contributed by atoms with Crippen molar-refractivity contribution in [3.05, 3.63) is 29.3 Å². The molecule has 0 amide bonds. The summed E-state index contributed by atoms with van der Waals surface area (Å²) < 4.78 is 1.30. The third-order valence-corrected chi connectivity index (χ3v) is 3.73. The molecule has 2 aromatic rings. The zero-order valence-electron chi connectivity index (χ0n) is 10.6. The number of hydrogen-bond acceptors (Lipinski definition) is 3. The Morgan fingerprint density at radius 2 is 2.12 bits per heavy atom. The molecule has 0 aliphatic heterocycles. The van der Waals surface area contributed by atoms with Crippen LogP contribution in [0, 0.1) is 5.92 Å². The number of rotatable bonds is 6. The number of benzene rings is 1. The van der Waals surface area contributed by atoms with Gasteiger partial charge in [-0.2, -0.15) is 0 Å². The van der Waals surface area contributed by atoms with Crippen molar-refractivity contribution in [3.63, 3.8) is 0 Å². The topological polar surface area (TPSA) is 24.9 Å². The maximum absolute atomic E-state index is 4.64. The highest BCUT2D eigenvalue weighted by Crippen LogP contribution is 2.22. The van der Waals surface area contributed by atoms with Crippen LogP contribution in [0.3, 0.4) is 0 Å². The lowest BCUT2D eigenvalue weighted by molar-refractivity contribution is 0.543. The molecule has 1 aromatic carbocycles. The number of fused-ring (bicyclic) bond motifs is 1. The quantitative estimate of drug-likeness (QED) is 0.792. The molecule has 0 aliphatic rings. The first kappa shape index (κ1) is 12.5. The van der Waals surface area contributed by atoms with Gasteiger partial charge in [-0.1, -0.05) is 26.0 Å². The minimum Gasteiger partial charge on any atom is -0.316 e. The average molecular weight is 248 g/mol. The lowest BCUT2D eigenvalue weighted by Crippen LogP contribution is -2.21. The minimum atomic E-state index is 0.734. The van der Waals surface area contributed by atoms with Crippen LogP contribution in [0.4, 0.5) is 0 Å². The van der Waals surface area contributed by atoms with Crippen molar-refractivity contribution >= 4 is 21.6 Å². The molecule has 0 spiro atoms. The molecule has 1 aromatic heterocycles. The van der Waals surface area contributed by atoms with Crippen LogP contribution in [-0.2, 0) is 6.42 Å². The molecular formula is C14H20N2S. The molecular weight excluding hydrogens is 228 g/mol. The Kier molecular flexibility index (Phi) is 4.51. The van der Waals surface area contributed by atoms with E-state index in [0.29, 0.717) is 0 Å². The maximum atomic E-state index is 4.64. The highest BCUT2D eigenvalue weighted by atomic mass is 32.1. The lowest BCUT2D eigenvalue weighted by Gasteiger charge is -2.05. The molecule has 0 radical (unpaired) electrons. The molecule has 1 N–H and O–H groups in total. The Morgan fingerprint density at radius 3 is 2.88 bits per heavy atom. The van der Waals surface area contributed by atoms with Crippen molar-refractivity contribution < 1.29 is 0 Å². The monoisotopic (exact) mass is 248 g/mol. The molecule has 2 nitrogen and oxygen atoms in total. The normalized spacial score (nSPS) is 11.5. The molecule has 0 bridgehead atoms. The Morgan fingerprint density at radius 1 is 1.29 bits per heavy atom. The Labute approximate surface area is 107 Å². The highest BCUT2D eigenvalue weighted by Gasteiger charge is 2.02. The molecule has 0 saturated heterocycles. The van der Waals surface area contributed by atoms with Crippen LogP contribution in [0.25, 0.3) is 10.2 Å². The first-order chi connectivity index (χ1) is 8.25. The molecule has 92 valence electrons. The summed E-state index contributed by atoms with van der Waals surface area (Å²) in [5, 5.41) is 4.73. The van der Waals surface area contributed by atoms with E-state index in [9.17, 15) is 0 Å². The summed E-state index contributed by atoms with van der Waals surface area (Å²) >= 11 is 1.82. The van der Waals surface area contributed by atoms with Gasteiger partial charge in [0.05, 0.1) is 15.2 Å². The number of hydrogen-bond donors (Lipinski definition) is 1. The van der Waals surface area contributed by atoms with Crippen molar-refractivity contribution in [2.45, 2.75) is 26.7 Å². The molecule has 0 aliphatic carbocycles. The number of thiazole rings is 1. The lowest BCUT2D eigenvalue weighted by atomic mass is 10.2. The summed E-state index contributed by atoms with van der Waals surface area (Å²) in [6, 6.07) is 8.37. The largest absolute Gasteiger partial charge is 0.316 e. The molecule has 3 heteroatoms. The second kappa shape index (κ2) is 6.12. The van der Waals surface area contributed by atoms with Crippen molar-refractivity contribution in [2.75, 3.05) is 13.1 Å². The summed E-state index contributed by atoms with van der Waals surface area (Å²) in [5.41, 5.74) is 1.14. The molecule has 17 heavy (non-hydrogen) atoms. The number of nitrogens with one attached hydrogen (secondary N) is 1. The van der Waals surface area contributed by atoms with Gasteiger partial charge < -0.3 is 5.32 Å². The van der Waals surface area contributed by atoms with Crippen LogP contribution in [0.5, 0.6) is 0 Å². The van der Waals surface area contributed by atoms with Crippen molar-refractivity contribution in [3.8, 4) is 0 Å². The molecule has 0 atom stereocenters. The standard InChI is InChI=1S/C14H20N2S/c1-11(2)10-15-9-5-8-14-16-12-6-3-4-7-13(12)17-14/h3-4,6-7,11,15H,5,8-10H2,1-2H3. The van der Waals surface area contributed by atoms with Gasteiger partial charge in [-0.3, -0.25) is 0 Å². The van der Waals surface area contributed by atoms with Gasteiger partial charge >= 0.3 is 0 Å². The van der Waals surface area contributed by atoms with Crippen molar-refractivity contribution in [1.82, 2.24) is 10.3 Å². The second-order valence-electron chi connectivity index (χ2n) is 4.78. The van der Waals surface area contributed by atoms with Gasteiger partial charge in [0, 0.05) is 6.42 Å². The van der Waals surface area contributed by atoms with E-state index in [0.717, 1.165) is 30.9 Å². The zero-order valence-corrected chi connectivity index (χ0v) is 11.4. The van der Waals surface area contributed by atoms with Gasteiger partial charge in [-0.25, -0.2) is 4.98 Å². The highest BCUT2D eigenvalue weighted by molar-refractivity contribution is 7.18. The summed E-state index contributed by atoms with van der Waals surface area (Å²) in [6.07, 6.45) is 2.26. The molecule has 1 heterocycles. The minimum absolute atomic E-state index is 0.734. The Bertz CT molecular complexity index is 429. The van der Waals surface area contributed by atoms with Gasteiger partial charge in [0.25, 0.3) is 0 Å². The number of para-hydroxylation sites is 1. The fourth-order valence-corrected chi connectivity index (χ4v) is 2.79. The SMILES string of the molecule is CC(C)CNCCCc1nc2ccccc2s1. The van der Waals surface area contributed by atoms with E-state index in [2.05, 4.69) is 48.4 Å². The molecule has 0 fully saturated rings. The third kappa shape index (κ3) is 3.79. The van der Waals surface area contributed by atoms with E-state index >= 15 is 0 Å². The smallest absolute Gasteiger partial charge is 0.0939 e. The van der Waals surface area contributed by atoms with Gasteiger partial charge in [0.1, 0.15) is 0 Å². The van der Waals surface area contributed by atoms with Gasteiger partial charge in [-0.05, 0) is 37.6 Å². The van der Waals surface area contributed by atoms with E-state index in [4.69, 9.17) is 0 Å². The van der Waals surface area contributed by atoms with Gasteiger partial charge in [-0.15, -0.1) is 11.3 Å². The number of aryl methyl sites for hydroxylation is 1. The first-order valence-electron chi connectivity index (χ1n) is 6.31. The van der Waals surface area contributed by atoms with Crippen LogP contribution < -0.4 is 5.32 Å². The Balaban J connectivity index is 1.79. The van der Waals surface area contributed by atoms with Gasteiger partial charge in [0.2, 0.25) is 0 Å². The predicted octanol–water partition coefficient (Wildman–Crippen LogP) is 3.47. The van der Waals surface area contributed by atoms with E-state index in [1.165, 1.54) is 16.1 Å². The Hall–Kier alpha value is -0.930. The number of aromatic nitrogens is 1. The molecule has 0 unspecified atom stereocenters.